The number of halogens is 2. The van der Waals surface area contributed by atoms with Crippen molar-refractivity contribution in [2.24, 2.45) is 0 Å². The summed E-state index contributed by atoms with van der Waals surface area (Å²) in [7, 11) is 0. The highest BCUT2D eigenvalue weighted by atomic mass is 35.5. The fourth-order valence-electron chi connectivity index (χ4n) is 2.20. The molecule has 2 nitrogen and oxygen atoms in total. The molecule has 1 amide bonds. The summed E-state index contributed by atoms with van der Waals surface area (Å²) >= 11 is 13.6. The van der Waals surface area contributed by atoms with Gasteiger partial charge in [-0.15, -0.1) is 11.8 Å². The van der Waals surface area contributed by atoms with E-state index in [1.54, 1.807) is 30.0 Å². The van der Waals surface area contributed by atoms with Gasteiger partial charge in [0.15, 0.2) is 0 Å². The molecule has 0 spiro atoms. The van der Waals surface area contributed by atoms with Crippen molar-refractivity contribution in [1.29, 1.82) is 0 Å². The molecule has 2 rings (SSSR count). The molecule has 0 radical (unpaired) electrons. The zero-order valence-electron chi connectivity index (χ0n) is 10.8. The Morgan fingerprint density at radius 1 is 1.37 bits per heavy atom. The summed E-state index contributed by atoms with van der Waals surface area (Å²) in [5.74, 6) is 0.00104. The van der Waals surface area contributed by atoms with E-state index in [1.807, 2.05) is 6.92 Å². The molecule has 1 aliphatic carbocycles. The molecule has 19 heavy (non-hydrogen) atoms. The second-order valence-corrected chi connectivity index (χ2v) is 7.29. The Balaban J connectivity index is 1.92. The van der Waals surface area contributed by atoms with Crippen LogP contribution in [-0.4, -0.2) is 16.4 Å². The highest BCUT2D eigenvalue weighted by molar-refractivity contribution is 8.01. The van der Waals surface area contributed by atoms with Crippen molar-refractivity contribution in [3.05, 3.63) is 28.2 Å². The van der Waals surface area contributed by atoms with Gasteiger partial charge in [0, 0.05) is 10.3 Å². The summed E-state index contributed by atoms with van der Waals surface area (Å²) < 4.78 is 0. The molecule has 1 aromatic rings. The lowest BCUT2D eigenvalue weighted by Crippen LogP contribution is -2.24. The molecule has 0 aliphatic heterocycles. The summed E-state index contributed by atoms with van der Waals surface area (Å²) in [6.07, 6.45) is 5.03. The Morgan fingerprint density at radius 3 is 2.68 bits per heavy atom. The van der Waals surface area contributed by atoms with Gasteiger partial charge >= 0.3 is 0 Å². The van der Waals surface area contributed by atoms with Gasteiger partial charge in [0.25, 0.3) is 0 Å². The van der Waals surface area contributed by atoms with Crippen LogP contribution in [0.15, 0.2) is 18.2 Å². The maximum absolute atomic E-state index is 12.1. The molecule has 104 valence electrons. The van der Waals surface area contributed by atoms with E-state index in [9.17, 15) is 4.79 Å². The Hall–Kier alpha value is -0.380. The normalized spacial score (nSPS) is 17.4. The fourth-order valence-corrected chi connectivity index (χ4v) is 4.02. The molecule has 1 atom stereocenters. The first-order chi connectivity index (χ1) is 9.06. The van der Waals surface area contributed by atoms with E-state index >= 15 is 0 Å². The molecule has 1 saturated carbocycles. The van der Waals surface area contributed by atoms with Gasteiger partial charge in [-0.2, -0.15) is 0 Å². The quantitative estimate of drug-likeness (QED) is 0.847. The third-order valence-electron chi connectivity index (χ3n) is 3.26. The third kappa shape index (κ3) is 4.30. The van der Waals surface area contributed by atoms with E-state index in [0.29, 0.717) is 21.0 Å². The molecular formula is C14H17Cl2NOS. The van der Waals surface area contributed by atoms with Crippen LogP contribution in [0.5, 0.6) is 0 Å². The minimum atomic E-state index is -0.0603. The summed E-state index contributed by atoms with van der Waals surface area (Å²) in [6.45, 7) is 1.95. The van der Waals surface area contributed by atoms with Crippen molar-refractivity contribution in [2.75, 3.05) is 5.32 Å². The number of carbonyl (C=O) groups is 1. The molecule has 1 fully saturated rings. The largest absolute Gasteiger partial charge is 0.324 e. The van der Waals surface area contributed by atoms with Crippen LogP contribution >= 0.6 is 35.0 Å². The van der Waals surface area contributed by atoms with Gasteiger partial charge in [-0.25, -0.2) is 0 Å². The standard InChI is InChI=1S/C14H17Cl2NOS/c1-9(19-11-4-2-3-5-11)14(18)17-13-7-6-10(15)8-12(13)16/h6-9,11H,2-5H2,1H3,(H,17,18)/t9-/m0/s1. The van der Waals surface area contributed by atoms with Gasteiger partial charge in [-0.05, 0) is 38.0 Å². The number of rotatable bonds is 4. The number of amides is 1. The first-order valence-corrected chi connectivity index (χ1v) is 8.17. The van der Waals surface area contributed by atoms with Crippen LogP contribution in [0.1, 0.15) is 32.6 Å². The fraction of sp³-hybridized carbons (Fsp3) is 0.500. The molecule has 0 heterocycles. The van der Waals surface area contributed by atoms with Crippen molar-refractivity contribution in [2.45, 2.75) is 43.1 Å². The van der Waals surface area contributed by atoms with E-state index in [2.05, 4.69) is 5.32 Å². The number of hydrogen-bond donors (Lipinski definition) is 1. The first-order valence-electron chi connectivity index (χ1n) is 6.47. The number of hydrogen-bond acceptors (Lipinski definition) is 2. The molecule has 0 aromatic heterocycles. The number of nitrogens with one attached hydrogen (secondary N) is 1. The van der Waals surface area contributed by atoms with Gasteiger partial charge in [0.2, 0.25) is 5.91 Å². The Kier molecular flexibility index (Phi) is 5.43. The van der Waals surface area contributed by atoms with E-state index < -0.39 is 0 Å². The predicted molar refractivity (Wildman–Crippen MR) is 84.4 cm³/mol. The molecular weight excluding hydrogens is 301 g/mol. The van der Waals surface area contributed by atoms with Crippen LogP contribution in [0.4, 0.5) is 5.69 Å². The van der Waals surface area contributed by atoms with Crippen molar-refractivity contribution in [1.82, 2.24) is 0 Å². The average molecular weight is 318 g/mol. The molecule has 0 unspecified atom stereocenters. The van der Waals surface area contributed by atoms with Gasteiger partial charge in [0.05, 0.1) is 16.0 Å². The van der Waals surface area contributed by atoms with Crippen LogP contribution in [0.2, 0.25) is 10.0 Å². The van der Waals surface area contributed by atoms with E-state index in [1.165, 1.54) is 25.7 Å². The lowest BCUT2D eigenvalue weighted by atomic mass is 10.3. The Labute approximate surface area is 128 Å². The minimum absolute atomic E-state index is 0.00104. The van der Waals surface area contributed by atoms with Gasteiger partial charge < -0.3 is 5.32 Å². The molecule has 1 aliphatic rings. The Morgan fingerprint density at radius 2 is 2.05 bits per heavy atom. The van der Waals surface area contributed by atoms with Gasteiger partial charge in [-0.1, -0.05) is 36.0 Å². The van der Waals surface area contributed by atoms with E-state index in [0.717, 1.165) is 0 Å². The minimum Gasteiger partial charge on any atom is -0.324 e. The molecule has 0 saturated heterocycles. The van der Waals surface area contributed by atoms with Crippen LogP contribution in [0.3, 0.4) is 0 Å². The predicted octanol–water partition coefficient (Wildman–Crippen LogP) is 5.00. The molecule has 0 bridgehead atoms. The number of thioether (sulfide) groups is 1. The summed E-state index contributed by atoms with van der Waals surface area (Å²) in [5, 5.41) is 4.46. The van der Waals surface area contributed by atoms with Crippen molar-refractivity contribution >= 4 is 46.6 Å². The highest BCUT2D eigenvalue weighted by Crippen LogP contribution is 2.33. The Bertz CT molecular complexity index is 461. The zero-order chi connectivity index (χ0) is 13.8. The van der Waals surface area contributed by atoms with Crippen molar-refractivity contribution < 1.29 is 4.79 Å². The second-order valence-electron chi connectivity index (χ2n) is 4.80. The van der Waals surface area contributed by atoms with Crippen LogP contribution in [0, 0.1) is 0 Å². The van der Waals surface area contributed by atoms with Crippen LogP contribution in [-0.2, 0) is 4.79 Å². The monoisotopic (exact) mass is 317 g/mol. The van der Waals surface area contributed by atoms with Crippen molar-refractivity contribution in [3.8, 4) is 0 Å². The summed E-state index contributed by atoms with van der Waals surface area (Å²) in [5.41, 5.74) is 0.620. The smallest absolute Gasteiger partial charge is 0.237 e. The number of benzene rings is 1. The summed E-state index contributed by atoms with van der Waals surface area (Å²) in [6, 6.07) is 5.08. The molecule has 1 aromatic carbocycles. The molecule has 1 N–H and O–H groups in total. The summed E-state index contributed by atoms with van der Waals surface area (Å²) in [4.78, 5) is 12.1. The number of anilines is 1. The maximum atomic E-state index is 12.1. The van der Waals surface area contributed by atoms with E-state index in [-0.39, 0.29) is 11.2 Å². The molecule has 5 heteroatoms. The van der Waals surface area contributed by atoms with Gasteiger partial charge in [-0.3, -0.25) is 4.79 Å². The second kappa shape index (κ2) is 6.87. The van der Waals surface area contributed by atoms with Crippen LogP contribution < -0.4 is 5.32 Å². The lowest BCUT2D eigenvalue weighted by molar-refractivity contribution is -0.115. The topological polar surface area (TPSA) is 29.1 Å². The van der Waals surface area contributed by atoms with Crippen LogP contribution in [0.25, 0.3) is 0 Å². The first kappa shape index (κ1) is 15.0. The lowest BCUT2D eigenvalue weighted by Gasteiger charge is -2.16. The number of carbonyl (C=O) groups excluding carboxylic acids is 1. The average Bonchev–Trinajstić information content (AvgIpc) is 2.85. The SMILES string of the molecule is C[C@H](SC1CCCC1)C(=O)Nc1ccc(Cl)cc1Cl. The third-order valence-corrected chi connectivity index (χ3v) is 5.28. The highest BCUT2D eigenvalue weighted by Gasteiger charge is 2.22. The van der Waals surface area contributed by atoms with Gasteiger partial charge in [0.1, 0.15) is 0 Å². The van der Waals surface area contributed by atoms with E-state index in [4.69, 9.17) is 23.2 Å². The maximum Gasteiger partial charge on any atom is 0.237 e. The van der Waals surface area contributed by atoms with Crippen molar-refractivity contribution in [3.63, 3.8) is 0 Å². The zero-order valence-corrected chi connectivity index (χ0v) is 13.1.